The van der Waals surface area contributed by atoms with Gasteiger partial charge in [0, 0.05) is 1.37 Å². The smallest absolute Gasteiger partial charge is 0.320 e. The van der Waals surface area contributed by atoms with Crippen LogP contribution in [0.5, 0.6) is 11.5 Å². The number of rotatable bonds is 3. The number of hydrogen-bond donors (Lipinski definition) is 4. The maximum Gasteiger partial charge on any atom is 0.320 e. The predicted molar refractivity (Wildman–Crippen MR) is 49.1 cm³/mol. The summed E-state index contributed by atoms with van der Waals surface area (Å²) < 4.78 is 37.2. The lowest BCUT2D eigenvalue weighted by Crippen LogP contribution is -2.32. The van der Waals surface area contributed by atoms with E-state index in [2.05, 4.69) is 0 Å². The lowest BCUT2D eigenvalue weighted by molar-refractivity contribution is -0.138. The number of aliphatic carboxylic acids is 1. The average molecular weight is 202 g/mol. The minimum absolute atomic E-state index is 0.708. The van der Waals surface area contributed by atoms with E-state index >= 15 is 0 Å². The summed E-state index contributed by atoms with van der Waals surface area (Å²) in [6.45, 7) is 0. The van der Waals surface area contributed by atoms with Gasteiger partial charge in [-0.05, 0) is 24.0 Å². The van der Waals surface area contributed by atoms with Gasteiger partial charge in [-0.3, -0.25) is 4.79 Å². The average Bonchev–Trinajstić information content (AvgIpc) is 2.33. The zero-order valence-electron chi connectivity index (χ0n) is 11.9. The van der Waals surface area contributed by atoms with E-state index in [0.29, 0.717) is 0 Å². The minimum Gasteiger partial charge on any atom is -0.504 e. The molecule has 1 rings (SSSR count). The second kappa shape index (κ2) is 3.97. The van der Waals surface area contributed by atoms with Crippen molar-refractivity contribution in [3.05, 3.63) is 23.7 Å². The van der Waals surface area contributed by atoms with Crippen molar-refractivity contribution in [2.45, 2.75) is 12.4 Å². The van der Waals surface area contributed by atoms with Gasteiger partial charge in [0.2, 0.25) is 0 Å². The van der Waals surface area contributed by atoms with Gasteiger partial charge in [0.1, 0.15) is 6.02 Å². The van der Waals surface area contributed by atoms with Crippen LogP contribution in [0.15, 0.2) is 18.1 Å². The quantitative estimate of drug-likeness (QED) is 0.518. The first kappa shape index (κ1) is 5.21. The number of benzene rings is 1. The molecule has 0 aliphatic carbocycles. The molecule has 0 radical (unpaired) electrons. The summed E-state index contributed by atoms with van der Waals surface area (Å²) >= 11 is 0. The van der Waals surface area contributed by atoms with Crippen LogP contribution in [-0.2, 0) is 11.2 Å². The molecule has 14 heavy (non-hydrogen) atoms. The number of aromatic hydroxyl groups is 2. The van der Waals surface area contributed by atoms with Gasteiger partial charge in [-0.25, -0.2) is 0 Å². The summed E-state index contributed by atoms with van der Waals surface area (Å²) in [5, 5.41) is 27.4. The van der Waals surface area contributed by atoms with Gasteiger partial charge in [0.15, 0.2) is 11.5 Å². The van der Waals surface area contributed by atoms with E-state index in [-0.39, 0.29) is 0 Å². The molecule has 76 valence electrons. The van der Waals surface area contributed by atoms with Crippen LogP contribution in [0.1, 0.15) is 12.4 Å². The van der Waals surface area contributed by atoms with Gasteiger partial charge in [-0.15, -0.1) is 0 Å². The molecule has 0 aliphatic rings. The van der Waals surface area contributed by atoms with E-state index in [0.717, 1.165) is 0 Å². The van der Waals surface area contributed by atoms with Crippen LogP contribution in [-0.4, -0.2) is 27.3 Å². The third-order valence-electron chi connectivity index (χ3n) is 1.34. The number of carboxylic acid groups (broad SMARTS) is 1. The Balaban J connectivity index is 3.57. The van der Waals surface area contributed by atoms with E-state index in [4.69, 9.17) is 17.7 Å². The second-order valence-corrected chi connectivity index (χ2v) is 2.39. The number of phenols is 2. The molecular weight excluding hydrogens is 186 g/mol. The molecular formula is C9H11NO4. The molecule has 0 unspecified atom stereocenters. The molecule has 1 aromatic rings. The van der Waals surface area contributed by atoms with Crippen LogP contribution in [0.4, 0.5) is 0 Å². The Bertz CT molecular complexity index is 519. The van der Waals surface area contributed by atoms with Crippen LogP contribution in [0.3, 0.4) is 0 Å². The third-order valence-corrected chi connectivity index (χ3v) is 1.34. The maximum absolute atomic E-state index is 10.8. The highest BCUT2D eigenvalue weighted by Crippen LogP contribution is 2.25. The van der Waals surface area contributed by atoms with Crippen molar-refractivity contribution in [3.63, 3.8) is 0 Å². The third kappa shape index (κ3) is 2.37. The fraction of sp³-hybridized carbons (Fsp3) is 0.222. The first-order chi connectivity index (χ1) is 8.53. The summed E-state index contributed by atoms with van der Waals surface area (Å²) in [6, 6.07) is -5.46. The van der Waals surface area contributed by atoms with Crippen molar-refractivity contribution in [3.8, 4) is 11.5 Å². The van der Waals surface area contributed by atoms with Gasteiger partial charge in [0.05, 0.1) is 5.48 Å². The standard InChI is InChI=1S/C9H11NO4/c10-6(9(13)14)3-5-1-2-7(11)8(12)4-5/h1-2,4,6,11-12H,3,10H2,(H,13,14)/t6-/m0/s1/i1D,2D,3D,4D,6D/t3-,6+/m1. The molecule has 0 saturated heterocycles. The van der Waals surface area contributed by atoms with Crippen molar-refractivity contribution in [2.24, 2.45) is 5.73 Å². The largest absolute Gasteiger partial charge is 0.504 e. The van der Waals surface area contributed by atoms with Crippen molar-refractivity contribution < 1.29 is 27.0 Å². The van der Waals surface area contributed by atoms with Gasteiger partial charge in [-0.2, -0.15) is 0 Å². The van der Waals surface area contributed by atoms with E-state index in [9.17, 15) is 15.0 Å². The van der Waals surface area contributed by atoms with Crippen molar-refractivity contribution in [2.75, 3.05) is 0 Å². The Kier molecular flexibility index (Phi) is 1.48. The van der Waals surface area contributed by atoms with Crippen molar-refractivity contribution in [1.82, 2.24) is 0 Å². The summed E-state index contributed by atoms with van der Waals surface area (Å²) in [7, 11) is 0. The van der Waals surface area contributed by atoms with E-state index < -0.39 is 53.6 Å². The monoisotopic (exact) mass is 202 g/mol. The molecule has 0 spiro atoms. The molecule has 5 N–H and O–H groups in total. The Labute approximate surface area is 87.4 Å². The second-order valence-electron chi connectivity index (χ2n) is 2.39. The molecule has 1 aromatic carbocycles. The van der Waals surface area contributed by atoms with Gasteiger partial charge in [0.25, 0.3) is 0 Å². The number of nitrogens with two attached hydrogens (primary N) is 1. The van der Waals surface area contributed by atoms with Crippen LogP contribution in [0.2, 0.25) is 0 Å². The number of carbonyl (C=O) groups is 1. The first-order valence-corrected chi connectivity index (χ1v) is 3.49. The molecule has 0 saturated carbocycles. The number of carboxylic acids is 1. The molecule has 0 aliphatic heterocycles. The molecule has 0 heterocycles. The van der Waals surface area contributed by atoms with E-state index in [1.807, 2.05) is 0 Å². The van der Waals surface area contributed by atoms with Crippen LogP contribution in [0.25, 0.3) is 0 Å². The molecule has 5 heteroatoms. The topological polar surface area (TPSA) is 104 Å². The molecule has 2 atom stereocenters. The Morgan fingerprint density at radius 2 is 2.29 bits per heavy atom. The molecule has 0 bridgehead atoms. The van der Waals surface area contributed by atoms with E-state index in [1.54, 1.807) is 0 Å². The number of phenolic OH excluding ortho intramolecular Hbond substituents is 2. The van der Waals surface area contributed by atoms with Crippen molar-refractivity contribution in [1.29, 1.82) is 0 Å². The normalized spacial score (nSPS) is 21.9. The summed E-state index contributed by atoms with van der Waals surface area (Å²) in [5.74, 6) is -3.94. The van der Waals surface area contributed by atoms with Crippen LogP contribution in [0, 0.1) is 0 Å². The summed E-state index contributed by atoms with van der Waals surface area (Å²) in [6.07, 6.45) is -2.08. The Morgan fingerprint density at radius 3 is 2.86 bits per heavy atom. The molecule has 0 aromatic heterocycles. The molecule has 0 amide bonds. The highest BCUT2D eigenvalue weighted by atomic mass is 16.4. The van der Waals surface area contributed by atoms with Gasteiger partial charge < -0.3 is 21.1 Å². The van der Waals surface area contributed by atoms with Crippen molar-refractivity contribution >= 4 is 5.97 Å². The summed E-state index contributed by atoms with van der Waals surface area (Å²) in [5.41, 5.74) is 4.41. The molecule has 5 nitrogen and oxygen atoms in total. The number of hydrogen-bond acceptors (Lipinski definition) is 4. The van der Waals surface area contributed by atoms with Gasteiger partial charge in [-0.1, -0.05) is 6.04 Å². The minimum atomic E-state index is -2.86. The van der Waals surface area contributed by atoms with Gasteiger partial charge >= 0.3 is 5.97 Å². The van der Waals surface area contributed by atoms with Crippen LogP contribution < -0.4 is 5.73 Å². The predicted octanol–water partition coefficient (Wildman–Crippen LogP) is 0.0522. The lowest BCUT2D eigenvalue weighted by atomic mass is 10.1. The first-order valence-electron chi connectivity index (χ1n) is 6.07. The van der Waals surface area contributed by atoms with E-state index in [1.165, 1.54) is 0 Å². The summed E-state index contributed by atoms with van der Waals surface area (Å²) in [4.78, 5) is 10.8. The Hall–Kier alpha value is -1.75. The highest BCUT2D eigenvalue weighted by Gasteiger charge is 2.12. The zero-order chi connectivity index (χ0) is 15.1. The lowest BCUT2D eigenvalue weighted by Gasteiger charge is -2.06. The maximum atomic E-state index is 10.8. The zero-order valence-corrected chi connectivity index (χ0v) is 6.90. The fourth-order valence-corrected chi connectivity index (χ4v) is 0.693. The SMILES string of the molecule is [2H]c1c([2H])c([C@@H]([2H])[C@]([2H])(N)C(=O)O)c([2H])c(O)c1O. The Morgan fingerprint density at radius 1 is 1.64 bits per heavy atom. The fourth-order valence-electron chi connectivity index (χ4n) is 0.693. The molecule has 0 fully saturated rings. The van der Waals surface area contributed by atoms with Crippen LogP contribution >= 0.6 is 0 Å². The highest BCUT2D eigenvalue weighted by molar-refractivity contribution is 5.73.